The Hall–Kier alpha value is -1.40. The topological polar surface area (TPSA) is 53.5 Å². The van der Waals surface area contributed by atoms with Crippen molar-refractivity contribution >= 4 is 11.8 Å². The summed E-state index contributed by atoms with van der Waals surface area (Å²) in [5, 5.41) is 3.43. The molecule has 0 saturated carbocycles. The molecule has 0 aliphatic carbocycles. The Morgan fingerprint density at radius 3 is 2.70 bits per heavy atom. The van der Waals surface area contributed by atoms with Gasteiger partial charge < -0.3 is 19.9 Å². The van der Waals surface area contributed by atoms with Gasteiger partial charge in [-0.25, -0.2) is 4.98 Å². The first kappa shape index (κ1) is 16.5. The fourth-order valence-electron chi connectivity index (χ4n) is 3.22. The van der Waals surface area contributed by atoms with Gasteiger partial charge in [0, 0.05) is 25.8 Å². The number of morpholine rings is 1. The molecule has 1 N–H and O–H groups in total. The van der Waals surface area contributed by atoms with Gasteiger partial charge in [0.1, 0.15) is 5.82 Å². The number of aromatic nitrogens is 2. The Morgan fingerprint density at radius 1 is 1.04 bits per heavy atom. The van der Waals surface area contributed by atoms with Crippen LogP contribution in [0.4, 0.5) is 11.8 Å². The second-order valence-electron chi connectivity index (χ2n) is 6.38. The molecule has 2 saturated heterocycles. The van der Waals surface area contributed by atoms with Crippen molar-refractivity contribution in [1.29, 1.82) is 0 Å². The lowest BCUT2D eigenvalue weighted by Gasteiger charge is -2.27. The molecule has 0 spiro atoms. The average Bonchev–Trinajstić information content (AvgIpc) is 2.63. The summed E-state index contributed by atoms with van der Waals surface area (Å²) in [6, 6.07) is 1.95. The zero-order chi connectivity index (χ0) is 15.7. The smallest absolute Gasteiger partial charge is 0.227 e. The van der Waals surface area contributed by atoms with E-state index in [-0.39, 0.29) is 0 Å². The highest BCUT2D eigenvalue weighted by atomic mass is 16.5. The number of nitrogens with zero attached hydrogens (tertiary/aromatic N) is 4. The molecule has 0 bridgehead atoms. The van der Waals surface area contributed by atoms with Crippen LogP contribution in [0.5, 0.6) is 0 Å². The summed E-state index contributed by atoms with van der Waals surface area (Å²) in [6.45, 7) is 8.08. The fraction of sp³-hybridized carbons (Fsp3) is 0.765. The van der Waals surface area contributed by atoms with Crippen LogP contribution in [-0.4, -0.2) is 67.4 Å². The first-order chi connectivity index (χ1) is 11.4. The number of hydrogen-bond acceptors (Lipinski definition) is 6. The quantitative estimate of drug-likeness (QED) is 0.776. The van der Waals surface area contributed by atoms with Crippen LogP contribution in [0.25, 0.3) is 0 Å². The SMILES string of the molecule is c1cc(NCCCCN2CCCCC2)nc(N2CCOCC2)n1. The first-order valence-electron chi connectivity index (χ1n) is 9.04. The molecule has 23 heavy (non-hydrogen) atoms. The third-order valence-electron chi connectivity index (χ3n) is 4.59. The van der Waals surface area contributed by atoms with Crippen LogP contribution < -0.4 is 10.2 Å². The van der Waals surface area contributed by atoms with Crippen LogP contribution >= 0.6 is 0 Å². The van der Waals surface area contributed by atoms with Crippen LogP contribution in [0, 0.1) is 0 Å². The van der Waals surface area contributed by atoms with E-state index in [1.54, 1.807) is 0 Å². The lowest BCUT2D eigenvalue weighted by molar-refractivity contribution is 0.122. The van der Waals surface area contributed by atoms with Gasteiger partial charge in [0.2, 0.25) is 5.95 Å². The van der Waals surface area contributed by atoms with Gasteiger partial charge in [-0.1, -0.05) is 6.42 Å². The van der Waals surface area contributed by atoms with E-state index in [1.165, 1.54) is 51.7 Å². The number of ether oxygens (including phenoxy) is 1. The minimum atomic E-state index is 0.761. The average molecular weight is 319 g/mol. The molecule has 3 heterocycles. The van der Waals surface area contributed by atoms with Crippen LogP contribution in [0.1, 0.15) is 32.1 Å². The van der Waals surface area contributed by atoms with Crippen LogP contribution in [0.3, 0.4) is 0 Å². The lowest BCUT2D eigenvalue weighted by atomic mass is 10.1. The van der Waals surface area contributed by atoms with Crippen molar-refractivity contribution in [1.82, 2.24) is 14.9 Å². The number of likely N-dealkylation sites (tertiary alicyclic amines) is 1. The van der Waals surface area contributed by atoms with Crippen molar-refractivity contribution in [3.63, 3.8) is 0 Å². The summed E-state index contributed by atoms with van der Waals surface area (Å²) in [6.07, 6.45) is 8.46. The Morgan fingerprint density at radius 2 is 1.87 bits per heavy atom. The van der Waals surface area contributed by atoms with Crippen molar-refractivity contribution in [3.8, 4) is 0 Å². The second kappa shape index (κ2) is 9.03. The molecule has 2 aliphatic heterocycles. The minimum Gasteiger partial charge on any atom is -0.378 e. The molecule has 128 valence electrons. The maximum absolute atomic E-state index is 5.38. The Bertz CT molecular complexity index is 458. The fourth-order valence-corrected chi connectivity index (χ4v) is 3.22. The molecule has 1 aromatic rings. The molecule has 3 rings (SSSR count). The summed E-state index contributed by atoms with van der Waals surface area (Å²) in [5.41, 5.74) is 0. The predicted molar refractivity (Wildman–Crippen MR) is 93.1 cm³/mol. The van der Waals surface area contributed by atoms with Crippen molar-refractivity contribution in [2.24, 2.45) is 0 Å². The molecule has 0 aromatic carbocycles. The number of hydrogen-bond donors (Lipinski definition) is 1. The van der Waals surface area contributed by atoms with E-state index >= 15 is 0 Å². The minimum absolute atomic E-state index is 0.761. The highest BCUT2D eigenvalue weighted by molar-refractivity contribution is 5.41. The van der Waals surface area contributed by atoms with Crippen molar-refractivity contribution in [3.05, 3.63) is 12.3 Å². The molecular formula is C17H29N5O. The number of unbranched alkanes of at least 4 members (excludes halogenated alkanes) is 1. The number of nitrogens with one attached hydrogen (secondary N) is 1. The molecule has 6 nitrogen and oxygen atoms in total. The first-order valence-corrected chi connectivity index (χ1v) is 9.04. The van der Waals surface area contributed by atoms with Gasteiger partial charge in [-0.15, -0.1) is 0 Å². The van der Waals surface area contributed by atoms with Gasteiger partial charge >= 0.3 is 0 Å². The van der Waals surface area contributed by atoms with Crippen molar-refractivity contribution in [2.45, 2.75) is 32.1 Å². The van der Waals surface area contributed by atoms with Gasteiger partial charge in [-0.2, -0.15) is 4.98 Å². The van der Waals surface area contributed by atoms with Gasteiger partial charge in [-0.05, 0) is 51.4 Å². The molecule has 6 heteroatoms. The Kier molecular flexibility index (Phi) is 6.46. The third kappa shape index (κ3) is 5.32. The van der Waals surface area contributed by atoms with Gasteiger partial charge in [0.15, 0.2) is 0 Å². The maximum Gasteiger partial charge on any atom is 0.227 e. The molecule has 2 fully saturated rings. The normalized spacial score (nSPS) is 19.7. The number of anilines is 2. The zero-order valence-electron chi connectivity index (χ0n) is 14.0. The van der Waals surface area contributed by atoms with E-state index in [0.29, 0.717) is 0 Å². The lowest BCUT2D eigenvalue weighted by Crippen LogP contribution is -2.37. The van der Waals surface area contributed by atoms with Gasteiger partial charge in [-0.3, -0.25) is 0 Å². The molecule has 2 aliphatic rings. The number of rotatable bonds is 7. The standard InChI is InChI=1S/C17H29N5O/c1-3-9-21(10-4-1)11-5-2-7-18-16-6-8-19-17(20-16)22-12-14-23-15-13-22/h6,8H,1-5,7,9-15H2,(H,18,19,20). The summed E-state index contributed by atoms with van der Waals surface area (Å²) in [4.78, 5) is 13.8. The van der Waals surface area contributed by atoms with Crippen molar-refractivity contribution < 1.29 is 4.74 Å². The van der Waals surface area contributed by atoms with Gasteiger partial charge in [0.05, 0.1) is 13.2 Å². The van der Waals surface area contributed by atoms with E-state index in [4.69, 9.17) is 4.74 Å². The molecular weight excluding hydrogens is 290 g/mol. The summed E-state index contributed by atoms with van der Waals surface area (Å²) in [5.74, 6) is 1.74. The Balaban J connectivity index is 1.36. The van der Waals surface area contributed by atoms with E-state index in [2.05, 4.69) is 25.1 Å². The molecule has 0 radical (unpaired) electrons. The van der Waals surface area contributed by atoms with Gasteiger partial charge in [0.25, 0.3) is 0 Å². The monoisotopic (exact) mass is 319 g/mol. The van der Waals surface area contributed by atoms with E-state index in [9.17, 15) is 0 Å². The van der Waals surface area contributed by atoms with Crippen LogP contribution in [-0.2, 0) is 4.74 Å². The predicted octanol–water partition coefficient (Wildman–Crippen LogP) is 1.99. The van der Waals surface area contributed by atoms with E-state index < -0.39 is 0 Å². The molecule has 0 atom stereocenters. The van der Waals surface area contributed by atoms with Crippen molar-refractivity contribution in [2.75, 3.05) is 62.7 Å². The third-order valence-corrected chi connectivity index (χ3v) is 4.59. The molecule has 1 aromatic heterocycles. The summed E-state index contributed by atoms with van der Waals surface area (Å²) in [7, 11) is 0. The van der Waals surface area contributed by atoms with E-state index in [0.717, 1.165) is 44.6 Å². The number of piperidine rings is 1. The van der Waals surface area contributed by atoms with Crippen LogP contribution in [0.15, 0.2) is 12.3 Å². The largest absolute Gasteiger partial charge is 0.378 e. The van der Waals surface area contributed by atoms with E-state index in [1.807, 2.05) is 12.3 Å². The second-order valence-corrected chi connectivity index (χ2v) is 6.38. The summed E-state index contributed by atoms with van der Waals surface area (Å²) >= 11 is 0. The highest BCUT2D eigenvalue weighted by Crippen LogP contribution is 2.13. The zero-order valence-corrected chi connectivity index (χ0v) is 14.0. The molecule has 0 unspecified atom stereocenters. The highest BCUT2D eigenvalue weighted by Gasteiger charge is 2.14. The maximum atomic E-state index is 5.38. The van der Waals surface area contributed by atoms with Crippen LogP contribution in [0.2, 0.25) is 0 Å². The summed E-state index contributed by atoms with van der Waals surface area (Å²) < 4.78 is 5.38. The Labute approximate surface area is 139 Å². The molecule has 0 amide bonds.